The van der Waals surface area contributed by atoms with E-state index in [1.165, 1.54) is 0 Å². The SMILES string of the molecule is COc1ccc(-c2noc(CCC(=O)NC(c3ccccc3)C(C)C)n2)cc1. The Labute approximate surface area is 164 Å². The van der Waals surface area contributed by atoms with Gasteiger partial charge in [-0.3, -0.25) is 4.79 Å². The summed E-state index contributed by atoms with van der Waals surface area (Å²) in [5.74, 6) is 1.97. The second kappa shape index (κ2) is 9.17. The molecule has 1 amide bonds. The Bertz CT molecular complexity index is 889. The van der Waals surface area contributed by atoms with Gasteiger partial charge in [0.25, 0.3) is 0 Å². The number of amides is 1. The van der Waals surface area contributed by atoms with Crippen molar-refractivity contribution < 1.29 is 14.1 Å². The molecule has 0 aliphatic carbocycles. The number of rotatable bonds is 8. The van der Waals surface area contributed by atoms with Crippen molar-refractivity contribution in [1.29, 1.82) is 0 Å². The molecule has 1 N–H and O–H groups in total. The van der Waals surface area contributed by atoms with Crippen molar-refractivity contribution in [1.82, 2.24) is 15.5 Å². The van der Waals surface area contributed by atoms with Gasteiger partial charge in [-0.25, -0.2) is 0 Å². The van der Waals surface area contributed by atoms with Crippen molar-refractivity contribution in [3.8, 4) is 17.1 Å². The summed E-state index contributed by atoms with van der Waals surface area (Å²) >= 11 is 0. The van der Waals surface area contributed by atoms with E-state index >= 15 is 0 Å². The molecule has 0 radical (unpaired) electrons. The van der Waals surface area contributed by atoms with Crippen molar-refractivity contribution in [3.05, 3.63) is 66.1 Å². The number of hydrogen-bond acceptors (Lipinski definition) is 5. The van der Waals surface area contributed by atoms with Crippen LogP contribution in [0.25, 0.3) is 11.4 Å². The Morgan fingerprint density at radius 1 is 1.11 bits per heavy atom. The first-order chi connectivity index (χ1) is 13.6. The van der Waals surface area contributed by atoms with Crippen LogP contribution in [-0.4, -0.2) is 23.2 Å². The summed E-state index contributed by atoms with van der Waals surface area (Å²) in [6.07, 6.45) is 0.689. The highest BCUT2D eigenvalue weighted by atomic mass is 16.5. The third-order valence-electron chi connectivity index (χ3n) is 4.52. The standard InChI is InChI=1S/C22H25N3O3/c1-15(2)21(16-7-5-4-6-8-16)23-19(26)13-14-20-24-22(25-28-20)17-9-11-18(27-3)12-10-17/h4-12,15,21H,13-14H2,1-3H3,(H,23,26). The molecule has 6 heteroatoms. The highest BCUT2D eigenvalue weighted by Crippen LogP contribution is 2.22. The molecule has 0 saturated carbocycles. The second-order valence-electron chi connectivity index (χ2n) is 6.94. The lowest BCUT2D eigenvalue weighted by molar-refractivity contribution is -0.122. The first kappa shape index (κ1) is 19.6. The van der Waals surface area contributed by atoms with Crippen LogP contribution in [0, 0.1) is 5.92 Å². The average Bonchev–Trinajstić information content (AvgIpc) is 3.20. The van der Waals surface area contributed by atoms with Gasteiger partial charge in [0.05, 0.1) is 13.2 Å². The van der Waals surface area contributed by atoms with Crippen LogP contribution in [0.4, 0.5) is 0 Å². The molecule has 0 saturated heterocycles. The molecule has 1 unspecified atom stereocenters. The van der Waals surface area contributed by atoms with E-state index in [1.54, 1.807) is 7.11 Å². The van der Waals surface area contributed by atoms with Gasteiger partial charge in [0.1, 0.15) is 5.75 Å². The van der Waals surface area contributed by atoms with E-state index in [9.17, 15) is 4.79 Å². The molecule has 1 aromatic heterocycles. The summed E-state index contributed by atoms with van der Waals surface area (Å²) in [6.45, 7) is 4.19. The summed E-state index contributed by atoms with van der Waals surface area (Å²) in [7, 11) is 1.62. The molecule has 0 aliphatic heterocycles. The van der Waals surface area contributed by atoms with Crippen molar-refractivity contribution in [2.24, 2.45) is 5.92 Å². The minimum atomic E-state index is -0.0354. The van der Waals surface area contributed by atoms with Crippen LogP contribution in [0.15, 0.2) is 59.1 Å². The minimum absolute atomic E-state index is 0.0220. The number of methoxy groups -OCH3 is 1. The molecule has 2 aromatic carbocycles. The van der Waals surface area contributed by atoms with Crippen molar-refractivity contribution in [2.45, 2.75) is 32.7 Å². The molecular formula is C22H25N3O3. The maximum absolute atomic E-state index is 12.4. The maximum Gasteiger partial charge on any atom is 0.227 e. The minimum Gasteiger partial charge on any atom is -0.497 e. The third kappa shape index (κ3) is 4.97. The zero-order valence-corrected chi connectivity index (χ0v) is 16.4. The predicted octanol–water partition coefficient (Wildman–Crippen LogP) is 4.19. The molecule has 6 nitrogen and oxygen atoms in total. The Morgan fingerprint density at radius 2 is 1.82 bits per heavy atom. The van der Waals surface area contributed by atoms with Gasteiger partial charge in [-0.05, 0) is 35.7 Å². The van der Waals surface area contributed by atoms with E-state index < -0.39 is 0 Å². The zero-order chi connectivity index (χ0) is 19.9. The number of ether oxygens (including phenoxy) is 1. The highest BCUT2D eigenvalue weighted by molar-refractivity contribution is 5.76. The first-order valence-corrected chi connectivity index (χ1v) is 9.38. The summed E-state index contributed by atoms with van der Waals surface area (Å²) in [6, 6.07) is 17.4. The molecule has 28 heavy (non-hydrogen) atoms. The number of carbonyl (C=O) groups is 1. The fourth-order valence-electron chi connectivity index (χ4n) is 2.98. The molecule has 0 spiro atoms. The Morgan fingerprint density at radius 3 is 2.46 bits per heavy atom. The lowest BCUT2D eigenvalue weighted by Crippen LogP contribution is -2.31. The molecule has 0 aliphatic rings. The van der Waals surface area contributed by atoms with Crippen molar-refractivity contribution in [2.75, 3.05) is 7.11 Å². The Kier molecular flexibility index (Phi) is 6.42. The van der Waals surface area contributed by atoms with Gasteiger partial charge in [-0.1, -0.05) is 49.3 Å². The van der Waals surface area contributed by atoms with E-state index in [0.717, 1.165) is 16.9 Å². The zero-order valence-electron chi connectivity index (χ0n) is 16.4. The summed E-state index contributed by atoms with van der Waals surface area (Å²) in [4.78, 5) is 16.8. The smallest absolute Gasteiger partial charge is 0.227 e. The highest BCUT2D eigenvalue weighted by Gasteiger charge is 2.18. The normalized spacial score (nSPS) is 12.0. The molecular weight excluding hydrogens is 354 g/mol. The van der Waals surface area contributed by atoms with Gasteiger partial charge < -0.3 is 14.6 Å². The molecule has 1 atom stereocenters. The van der Waals surface area contributed by atoms with Crippen LogP contribution >= 0.6 is 0 Å². The Hall–Kier alpha value is -3.15. The van der Waals surface area contributed by atoms with Gasteiger partial charge >= 0.3 is 0 Å². The summed E-state index contributed by atoms with van der Waals surface area (Å²) in [5.41, 5.74) is 1.94. The molecule has 3 aromatic rings. The van der Waals surface area contributed by atoms with Gasteiger partial charge in [0.2, 0.25) is 17.6 Å². The van der Waals surface area contributed by atoms with Crippen molar-refractivity contribution in [3.63, 3.8) is 0 Å². The van der Waals surface area contributed by atoms with Gasteiger partial charge in [0.15, 0.2) is 0 Å². The number of benzene rings is 2. The van der Waals surface area contributed by atoms with Crippen LogP contribution in [0.5, 0.6) is 5.75 Å². The first-order valence-electron chi connectivity index (χ1n) is 9.38. The summed E-state index contributed by atoms with van der Waals surface area (Å²) < 4.78 is 10.4. The van der Waals surface area contributed by atoms with Crippen LogP contribution in [-0.2, 0) is 11.2 Å². The molecule has 146 valence electrons. The fourth-order valence-corrected chi connectivity index (χ4v) is 2.98. The number of nitrogens with one attached hydrogen (secondary N) is 1. The van der Waals surface area contributed by atoms with E-state index in [0.29, 0.717) is 24.6 Å². The molecule has 0 bridgehead atoms. The fraction of sp³-hybridized carbons (Fsp3) is 0.318. The van der Waals surface area contributed by atoms with E-state index in [1.807, 2.05) is 54.6 Å². The largest absolute Gasteiger partial charge is 0.497 e. The predicted molar refractivity (Wildman–Crippen MR) is 107 cm³/mol. The summed E-state index contributed by atoms with van der Waals surface area (Å²) in [5, 5.41) is 7.11. The quantitative estimate of drug-likeness (QED) is 0.635. The molecule has 1 heterocycles. The van der Waals surface area contributed by atoms with Crippen LogP contribution in [0.1, 0.15) is 37.8 Å². The van der Waals surface area contributed by atoms with E-state index in [-0.39, 0.29) is 17.9 Å². The number of aryl methyl sites for hydroxylation is 1. The topological polar surface area (TPSA) is 77.2 Å². The third-order valence-corrected chi connectivity index (χ3v) is 4.52. The van der Waals surface area contributed by atoms with Gasteiger partial charge in [-0.15, -0.1) is 0 Å². The lowest BCUT2D eigenvalue weighted by Gasteiger charge is -2.22. The lowest BCUT2D eigenvalue weighted by atomic mass is 9.96. The van der Waals surface area contributed by atoms with E-state index in [2.05, 4.69) is 29.3 Å². The van der Waals surface area contributed by atoms with Gasteiger partial charge in [0, 0.05) is 18.4 Å². The number of nitrogens with zero attached hydrogens (tertiary/aromatic N) is 2. The van der Waals surface area contributed by atoms with Crippen LogP contribution < -0.4 is 10.1 Å². The van der Waals surface area contributed by atoms with Crippen LogP contribution in [0.3, 0.4) is 0 Å². The monoisotopic (exact) mass is 379 g/mol. The van der Waals surface area contributed by atoms with E-state index in [4.69, 9.17) is 9.26 Å². The average molecular weight is 379 g/mol. The maximum atomic E-state index is 12.4. The number of carbonyl (C=O) groups excluding carboxylic acids is 1. The molecule has 0 fully saturated rings. The van der Waals surface area contributed by atoms with Gasteiger partial charge in [-0.2, -0.15) is 4.98 Å². The molecule has 3 rings (SSSR count). The van der Waals surface area contributed by atoms with Crippen molar-refractivity contribution >= 4 is 5.91 Å². The second-order valence-corrected chi connectivity index (χ2v) is 6.94. The number of hydrogen-bond donors (Lipinski definition) is 1. The van der Waals surface area contributed by atoms with Crippen LogP contribution in [0.2, 0.25) is 0 Å². The number of aromatic nitrogens is 2. The Balaban J connectivity index is 1.57.